The quantitative estimate of drug-likeness (QED) is 0.520. The van der Waals surface area contributed by atoms with Gasteiger partial charge in [0.25, 0.3) is 0 Å². The van der Waals surface area contributed by atoms with Crippen LogP contribution >= 0.6 is 34.2 Å². The van der Waals surface area contributed by atoms with Crippen molar-refractivity contribution in [3.8, 4) is 0 Å². The molecule has 0 aliphatic heterocycles. The topological polar surface area (TPSA) is 12.9 Å². The van der Waals surface area contributed by atoms with Crippen LogP contribution in [0.4, 0.5) is 0 Å². The van der Waals surface area contributed by atoms with Gasteiger partial charge in [0.1, 0.15) is 5.15 Å². The van der Waals surface area contributed by atoms with Crippen molar-refractivity contribution in [1.82, 2.24) is 4.98 Å². The van der Waals surface area contributed by atoms with Crippen molar-refractivity contribution in [2.24, 2.45) is 0 Å². The Morgan fingerprint density at radius 2 is 2.10 bits per heavy atom. The van der Waals surface area contributed by atoms with Gasteiger partial charge in [-0.25, -0.2) is 4.98 Å². The number of halogens is 2. The fourth-order valence-electron chi connectivity index (χ4n) is 0.638. The van der Waals surface area contributed by atoms with Crippen LogP contribution in [-0.4, -0.2) is 4.98 Å². The van der Waals surface area contributed by atoms with Crippen LogP contribution in [0.2, 0.25) is 5.15 Å². The van der Waals surface area contributed by atoms with Crippen LogP contribution in [0.1, 0.15) is 11.1 Å². The third kappa shape index (κ3) is 1.42. The number of aryl methyl sites for hydroxylation is 1. The molecule has 0 aliphatic carbocycles. The lowest BCUT2D eigenvalue weighted by atomic mass is 10.2. The van der Waals surface area contributed by atoms with Gasteiger partial charge in [0.2, 0.25) is 0 Å². The predicted molar refractivity (Wildman–Crippen MR) is 50.3 cm³/mol. The van der Waals surface area contributed by atoms with Crippen molar-refractivity contribution in [2.75, 3.05) is 0 Å². The molecular formula is C7H6ClIN. The summed E-state index contributed by atoms with van der Waals surface area (Å²) in [6.07, 6.45) is 2.82. The number of nitrogens with zero attached hydrogens (tertiary/aromatic N) is 1. The summed E-state index contributed by atoms with van der Waals surface area (Å²) in [5.74, 6) is 0. The minimum atomic E-state index is 0.551. The molecule has 1 radical (unpaired) electrons. The summed E-state index contributed by atoms with van der Waals surface area (Å²) in [5, 5.41) is 0.551. The van der Waals surface area contributed by atoms with Crippen molar-refractivity contribution in [3.63, 3.8) is 0 Å². The van der Waals surface area contributed by atoms with E-state index in [1.54, 1.807) is 0 Å². The van der Waals surface area contributed by atoms with Crippen LogP contribution in [0.5, 0.6) is 0 Å². The Hall–Kier alpha value is 0.170. The Morgan fingerprint density at radius 3 is 2.60 bits per heavy atom. The van der Waals surface area contributed by atoms with E-state index in [1.807, 2.05) is 13.8 Å². The van der Waals surface area contributed by atoms with Crippen molar-refractivity contribution in [1.29, 1.82) is 0 Å². The van der Waals surface area contributed by atoms with Crippen LogP contribution < -0.4 is 0 Å². The Balaban J connectivity index is 3.34. The molecule has 3 heteroatoms. The monoisotopic (exact) mass is 266 g/mol. The zero-order valence-electron chi connectivity index (χ0n) is 5.70. The molecule has 0 N–H and O–H groups in total. The first-order valence-corrected chi connectivity index (χ1v) is 4.28. The molecule has 0 atom stereocenters. The first-order valence-electron chi connectivity index (χ1n) is 2.83. The molecule has 1 rings (SSSR count). The highest BCUT2D eigenvalue weighted by Gasteiger charge is 2.03. The largest absolute Gasteiger partial charge is 0.234 e. The van der Waals surface area contributed by atoms with Crippen LogP contribution in [0, 0.1) is 23.6 Å². The van der Waals surface area contributed by atoms with Crippen molar-refractivity contribution >= 4 is 34.2 Å². The SMILES string of the molecule is Cc1[c]nc(Cl)c(C)c1I. The maximum atomic E-state index is 5.74. The Morgan fingerprint density at radius 1 is 1.50 bits per heavy atom. The van der Waals surface area contributed by atoms with E-state index < -0.39 is 0 Å². The summed E-state index contributed by atoms with van der Waals surface area (Å²) >= 11 is 7.98. The second kappa shape index (κ2) is 3.05. The fourth-order valence-corrected chi connectivity index (χ4v) is 1.31. The van der Waals surface area contributed by atoms with E-state index in [4.69, 9.17) is 11.6 Å². The Kier molecular flexibility index (Phi) is 2.52. The molecule has 0 aliphatic rings. The normalized spacial score (nSPS) is 10.0. The van der Waals surface area contributed by atoms with E-state index in [9.17, 15) is 0 Å². The molecule has 1 aromatic rings. The van der Waals surface area contributed by atoms with Gasteiger partial charge in [-0.05, 0) is 42.0 Å². The van der Waals surface area contributed by atoms with Crippen LogP contribution in [0.25, 0.3) is 0 Å². The molecule has 0 unspecified atom stereocenters. The molecule has 0 aromatic carbocycles. The van der Waals surface area contributed by atoms with Gasteiger partial charge in [0.15, 0.2) is 0 Å². The molecule has 0 amide bonds. The van der Waals surface area contributed by atoms with Gasteiger partial charge < -0.3 is 0 Å². The number of hydrogen-bond acceptors (Lipinski definition) is 1. The second-order valence-electron chi connectivity index (χ2n) is 2.08. The van der Waals surface area contributed by atoms with Gasteiger partial charge in [0, 0.05) is 9.13 Å². The summed E-state index contributed by atoms with van der Waals surface area (Å²) in [4.78, 5) is 3.87. The summed E-state index contributed by atoms with van der Waals surface area (Å²) < 4.78 is 1.15. The molecule has 1 aromatic heterocycles. The third-order valence-corrected chi connectivity index (χ3v) is 3.28. The molecule has 0 saturated carbocycles. The Labute approximate surface area is 78.9 Å². The molecule has 10 heavy (non-hydrogen) atoms. The molecule has 0 saturated heterocycles. The van der Waals surface area contributed by atoms with Gasteiger partial charge in [-0.2, -0.15) is 0 Å². The van der Waals surface area contributed by atoms with Crippen LogP contribution in [-0.2, 0) is 0 Å². The lowest BCUT2D eigenvalue weighted by Crippen LogP contribution is -1.90. The molecule has 0 fully saturated rings. The van der Waals surface area contributed by atoms with Gasteiger partial charge in [-0.1, -0.05) is 11.6 Å². The zero-order chi connectivity index (χ0) is 7.72. The molecule has 53 valence electrons. The lowest BCUT2D eigenvalue weighted by molar-refractivity contribution is 1.18. The van der Waals surface area contributed by atoms with Gasteiger partial charge >= 0.3 is 0 Å². The fraction of sp³-hybridized carbons (Fsp3) is 0.286. The highest BCUT2D eigenvalue weighted by Crippen LogP contribution is 2.20. The van der Waals surface area contributed by atoms with E-state index in [1.165, 1.54) is 0 Å². The number of pyridine rings is 1. The molecule has 1 heterocycles. The summed E-state index contributed by atoms with van der Waals surface area (Å²) in [7, 11) is 0. The predicted octanol–water partition coefficient (Wildman–Crippen LogP) is 2.76. The molecule has 1 nitrogen and oxygen atoms in total. The smallest absolute Gasteiger partial charge is 0.133 e. The maximum absolute atomic E-state index is 5.74. The highest BCUT2D eigenvalue weighted by atomic mass is 127. The highest BCUT2D eigenvalue weighted by molar-refractivity contribution is 14.1. The second-order valence-corrected chi connectivity index (χ2v) is 3.52. The van der Waals surface area contributed by atoms with Gasteiger partial charge in [-0.15, -0.1) is 0 Å². The summed E-state index contributed by atoms with van der Waals surface area (Å²) in [6.45, 7) is 3.93. The number of rotatable bonds is 0. The summed E-state index contributed by atoms with van der Waals surface area (Å²) in [6, 6.07) is 0. The van der Waals surface area contributed by atoms with Crippen molar-refractivity contribution < 1.29 is 0 Å². The molecule has 0 spiro atoms. The van der Waals surface area contributed by atoms with E-state index in [0.29, 0.717) is 5.15 Å². The minimum Gasteiger partial charge on any atom is -0.234 e. The van der Waals surface area contributed by atoms with Crippen LogP contribution in [0.15, 0.2) is 0 Å². The Bertz CT molecular complexity index is 233. The van der Waals surface area contributed by atoms with Gasteiger partial charge in [0.05, 0.1) is 6.20 Å². The maximum Gasteiger partial charge on any atom is 0.133 e. The summed E-state index contributed by atoms with van der Waals surface area (Å²) in [5.41, 5.74) is 2.10. The first kappa shape index (κ1) is 8.27. The number of hydrogen-bond donors (Lipinski definition) is 0. The van der Waals surface area contributed by atoms with E-state index in [0.717, 1.165) is 14.7 Å². The van der Waals surface area contributed by atoms with E-state index in [2.05, 4.69) is 33.8 Å². The third-order valence-electron chi connectivity index (χ3n) is 1.29. The van der Waals surface area contributed by atoms with Gasteiger partial charge in [-0.3, -0.25) is 0 Å². The molecule has 0 bridgehead atoms. The minimum absolute atomic E-state index is 0.551. The van der Waals surface area contributed by atoms with E-state index in [-0.39, 0.29) is 0 Å². The standard InChI is InChI=1S/C7H6ClIN/c1-4-3-10-7(8)5(2)6(4)9/h1-2H3. The van der Waals surface area contributed by atoms with Crippen molar-refractivity contribution in [2.45, 2.75) is 13.8 Å². The number of aromatic nitrogens is 1. The average Bonchev–Trinajstić information content (AvgIpc) is 1.93. The van der Waals surface area contributed by atoms with Crippen LogP contribution in [0.3, 0.4) is 0 Å². The van der Waals surface area contributed by atoms with Crippen molar-refractivity contribution in [3.05, 3.63) is 26.0 Å². The zero-order valence-corrected chi connectivity index (χ0v) is 8.62. The lowest BCUT2D eigenvalue weighted by Gasteiger charge is -2.01. The average molecular weight is 266 g/mol. The first-order chi connectivity index (χ1) is 4.63. The molecular weight excluding hydrogens is 260 g/mol. The van der Waals surface area contributed by atoms with E-state index >= 15 is 0 Å².